The first-order valence-corrected chi connectivity index (χ1v) is 9.29. The number of hydrogen-bond acceptors (Lipinski definition) is 4. The third-order valence-electron chi connectivity index (χ3n) is 4.64. The number of nitrogens with one attached hydrogen (secondary N) is 1. The van der Waals surface area contributed by atoms with E-state index in [0.29, 0.717) is 21.8 Å². The molecule has 3 rings (SSSR count). The number of ketones is 1. The van der Waals surface area contributed by atoms with Crippen molar-refractivity contribution in [2.75, 3.05) is 19.0 Å². The molecular formula is C22H20ClFN2O3. The van der Waals surface area contributed by atoms with Gasteiger partial charge in [0.25, 0.3) is 0 Å². The summed E-state index contributed by atoms with van der Waals surface area (Å²) < 4.78 is 19.8. The minimum absolute atomic E-state index is 0.00193. The van der Waals surface area contributed by atoms with Gasteiger partial charge in [0, 0.05) is 22.6 Å². The number of ether oxygens (including phenoxy) is 1. The molecule has 0 bridgehead atoms. The van der Waals surface area contributed by atoms with E-state index in [1.54, 1.807) is 36.4 Å². The highest BCUT2D eigenvalue weighted by Crippen LogP contribution is 2.25. The van der Waals surface area contributed by atoms with Gasteiger partial charge in [0.2, 0.25) is 0 Å². The van der Waals surface area contributed by atoms with E-state index in [4.69, 9.17) is 16.3 Å². The number of Topliss-reactive ketones (excluding diaryl/α,β-unsaturated/α-hetero) is 1. The van der Waals surface area contributed by atoms with Crippen LogP contribution in [-0.4, -0.2) is 30.0 Å². The van der Waals surface area contributed by atoms with Crippen LogP contribution in [0.4, 0.5) is 10.1 Å². The molecular weight excluding hydrogens is 395 g/mol. The molecule has 1 aromatic heterocycles. The molecule has 0 saturated heterocycles. The molecule has 0 unspecified atom stereocenters. The van der Waals surface area contributed by atoms with Crippen molar-refractivity contribution in [2.45, 2.75) is 13.8 Å². The van der Waals surface area contributed by atoms with Crippen LogP contribution < -0.4 is 5.32 Å². The van der Waals surface area contributed by atoms with Gasteiger partial charge in [-0.25, -0.2) is 9.18 Å². The highest BCUT2D eigenvalue weighted by atomic mass is 35.5. The number of carbonyl (C=O) groups excluding carboxylic acids is 2. The summed E-state index contributed by atoms with van der Waals surface area (Å²) in [5, 5.41) is 3.38. The minimum atomic E-state index is -0.487. The summed E-state index contributed by atoms with van der Waals surface area (Å²) in [5.74, 6) is -0.937. The zero-order chi connectivity index (χ0) is 21.1. The third kappa shape index (κ3) is 4.32. The maximum Gasteiger partial charge on any atom is 0.337 e. The predicted molar refractivity (Wildman–Crippen MR) is 111 cm³/mol. The van der Waals surface area contributed by atoms with E-state index in [1.807, 2.05) is 18.4 Å². The maximum absolute atomic E-state index is 13.2. The summed E-state index contributed by atoms with van der Waals surface area (Å²) in [6, 6.07) is 12.6. The van der Waals surface area contributed by atoms with Gasteiger partial charge in [0.1, 0.15) is 5.82 Å². The van der Waals surface area contributed by atoms with Crippen LogP contribution in [0.3, 0.4) is 0 Å². The number of benzene rings is 2. The molecule has 0 spiro atoms. The molecule has 0 aliphatic heterocycles. The summed E-state index contributed by atoms with van der Waals surface area (Å²) in [5.41, 5.74) is 3.76. The minimum Gasteiger partial charge on any atom is -0.465 e. The first kappa shape index (κ1) is 20.6. The van der Waals surface area contributed by atoms with Gasteiger partial charge in [-0.15, -0.1) is 0 Å². The van der Waals surface area contributed by atoms with Gasteiger partial charge >= 0.3 is 5.97 Å². The number of hydrogen-bond donors (Lipinski definition) is 1. The Morgan fingerprint density at radius 1 is 1.10 bits per heavy atom. The Morgan fingerprint density at radius 2 is 1.79 bits per heavy atom. The quantitative estimate of drug-likeness (QED) is 0.457. The van der Waals surface area contributed by atoms with Gasteiger partial charge in [0.05, 0.1) is 29.9 Å². The summed E-state index contributed by atoms with van der Waals surface area (Å²) in [7, 11) is 1.30. The highest BCUT2D eigenvalue weighted by Gasteiger charge is 2.17. The molecule has 0 saturated carbocycles. The van der Waals surface area contributed by atoms with E-state index in [-0.39, 0.29) is 18.1 Å². The molecule has 0 amide bonds. The molecule has 5 nitrogen and oxygen atoms in total. The fourth-order valence-electron chi connectivity index (χ4n) is 3.21. The number of methoxy groups -OCH3 is 1. The summed E-state index contributed by atoms with van der Waals surface area (Å²) in [4.78, 5) is 24.5. The third-order valence-corrected chi connectivity index (χ3v) is 4.97. The van der Waals surface area contributed by atoms with Gasteiger partial charge in [0.15, 0.2) is 5.78 Å². The van der Waals surface area contributed by atoms with Crippen LogP contribution in [0.1, 0.15) is 32.1 Å². The standard InChI is InChI=1S/C22H20ClFN2O3/c1-13-10-18(14(2)26(13)17-7-5-16(24)6-8-17)21(27)12-25-20-11-15(22(28)29-3)4-9-19(20)23/h4-11,25H,12H2,1-3H3. The second-order valence-electron chi connectivity index (χ2n) is 6.56. The molecule has 2 aromatic carbocycles. The van der Waals surface area contributed by atoms with Crippen LogP contribution in [-0.2, 0) is 4.74 Å². The van der Waals surface area contributed by atoms with Crippen LogP contribution in [0.15, 0.2) is 48.5 Å². The number of carbonyl (C=O) groups is 2. The maximum atomic E-state index is 13.2. The van der Waals surface area contributed by atoms with Crippen molar-refractivity contribution in [3.8, 4) is 5.69 Å². The van der Waals surface area contributed by atoms with Gasteiger partial charge < -0.3 is 14.6 Å². The number of anilines is 1. The van der Waals surface area contributed by atoms with Crippen molar-refractivity contribution in [3.05, 3.63) is 81.9 Å². The fourth-order valence-corrected chi connectivity index (χ4v) is 3.39. The normalized spacial score (nSPS) is 10.7. The Balaban J connectivity index is 1.81. The van der Waals surface area contributed by atoms with Crippen molar-refractivity contribution in [1.29, 1.82) is 0 Å². The first-order valence-electron chi connectivity index (χ1n) is 8.91. The van der Waals surface area contributed by atoms with Gasteiger partial charge in [-0.2, -0.15) is 0 Å². The summed E-state index contributed by atoms with van der Waals surface area (Å²) in [6.45, 7) is 3.73. The van der Waals surface area contributed by atoms with E-state index in [0.717, 1.165) is 17.1 Å². The smallest absolute Gasteiger partial charge is 0.337 e. The molecule has 0 radical (unpaired) electrons. The van der Waals surface area contributed by atoms with Crippen molar-refractivity contribution in [3.63, 3.8) is 0 Å². The monoisotopic (exact) mass is 414 g/mol. The van der Waals surface area contributed by atoms with E-state index >= 15 is 0 Å². The van der Waals surface area contributed by atoms with Crippen LogP contribution in [0.25, 0.3) is 5.69 Å². The van der Waals surface area contributed by atoms with Crippen LogP contribution in [0.2, 0.25) is 5.02 Å². The van der Waals surface area contributed by atoms with Crippen LogP contribution in [0, 0.1) is 19.7 Å². The molecule has 1 N–H and O–H groups in total. The average Bonchev–Trinajstić information content (AvgIpc) is 3.01. The van der Waals surface area contributed by atoms with E-state index in [2.05, 4.69) is 5.32 Å². The number of aryl methyl sites for hydroxylation is 1. The number of halogens is 2. The number of rotatable bonds is 6. The van der Waals surface area contributed by atoms with Crippen molar-refractivity contribution >= 4 is 29.0 Å². The number of aromatic nitrogens is 1. The molecule has 7 heteroatoms. The van der Waals surface area contributed by atoms with E-state index < -0.39 is 5.97 Å². The number of esters is 1. The SMILES string of the molecule is COC(=O)c1ccc(Cl)c(NCC(=O)c2cc(C)n(-c3ccc(F)cc3)c2C)c1. The molecule has 0 aliphatic rings. The Hall–Kier alpha value is -3.12. The largest absolute Gasteiger partial charge is 0.465 e. The first-order chi connectivity index (χ1) is 13.8. The lowest BCUT2D eigenvalue weighted by atomic mass is 10.1. The molecule has 0 fully saturated rings. The van der Waals surface area contributed by atoms with Crippen molar-refractivity contribution in [2.24, 2.45) is 0 Å². The Kier molecular flexibility index (Phi) is 6.03. The van der Waals surface area contributed by atoms with Gasteiger partial charge in [-0.05, 0) is 62.4 Å². The average molecular weight is 415 g/mol. The second kappa shape index (κ2) is 8.49. The number of nitrogens with zero attached hydrogens (tertiary/aromatic N) is 1. The van der Waals surface area contributed by atoms with E-state index in [9.17, 15) is 14.0 Å². The lowest BCUT2D eigenvalue weighted by molar-refractivity contribution is 0.0600. The molecule has 1 heterocycles. The Bertz CT molecular complexity index is 1070. The lowest BCUT2D eigenvalue weighted by Gasteiger charge is -2.11. The Morgan fingerprint density at radius 3 is 2.45 bits per heavy atom. The zero-order valence-electron chi connectivity index (χ0n) is 16.3. The van der Waals surface area contributed by atoms with Crippen molar-refractivity contribution in [1.82, 2.24) is 4.57 Å². The van der Waals surface area contributed by atoms with Crippen LogP contribution in [0.5, 0.6) is 0 Å². The predicted octanol–water partition coefficient (Wildman–Crippen LogP) is 4.97. The molecule has 29 heavy (non-hydrogen) atoms. The lowest BCUT2D eigenvalue weighted by Crippen LogP contribution is -2.15. The Labute approximate surface area is 173 Å². The fraction of sp³-hybridized carbons (Fsp3) is 0.182. The second-order valence-corrected chi connectivity index (χ2v) is 6.97. The molecule has 3 aromatic rings. The molecule has 0 aliphatic carbocycles. The van der Waals surface area contributed by atoms with Gasteiger partial charge in [-0.3, -0.25) is 4.79 Å². The molecule has 150 valence electrons. The molecule has 0 atom stereocenters. The highest BCUT2D eigenvalue weighted by molar-refractivity contribution is 6.33. The summed E-state index contributed by atoms with van der Waals surface area (Å²) in [6.07, 6.45) is 0. The van der Waals surface area contributed by atoms with E-state index in [1.165, 1.54) is 19.2 Å². The van der Waals surface area contributed by atoms with Gasteiger partial charge in [-0.1, -0.05) is 11.6 Å². The zero-order valence-corrected chi connectivity index (χ0v) is 17.0. The topological polar surface area (TPSA) is 60.3 Å². The van der Waals surface area contributed by atoms with Crippen LogP contribution >= 0.6 is 11.6 Å². The summed E-state index contributed by atoms with van der Waals surface area (Å²) >= 11 is 6.17. The van der Waals surface area contributed by atoms with Crippen molar-refractivity contribution < 1.29 is 18.7 Å².